The third-order valence-corrected chi connectivity index (χ3v) is 6.60. The highest BCUT2D eigenvalue weighted by Crippen LogP contribution is 2.60. The molecule has 2 rings (SSSR count). The van der Waals surface area contributed by atoms with Crippen LogP contribution in [-0.4, -0.2) is 21.4 Å². The second kappa shape index (κ2) is 5.49. The lowest BCUT2D eigenvalue weighted by Crippen LogP contribution is -2.55. The van der Waals surface area contributed by atoms with Gasteiger partial charge in [0.05, 0.1) is 11.2 Å². The predicted octanol–water partition coefficient (Wildman–Crippen LogP) is 4.47. The molecule has 0 unspecified atom stereocenters. The number of aliphatic hydroxyl groups is 2. The van der Waals surface area contributed by atoms with E-state index in [1.54, 1.807) is 13.0 Å². The van der Waals surface area contributed by atoms with E-state index in [0.717, 1.165) is 12.8 Å². The molecule has 2 nitrogen and oxygen atoms in total. The summed E-state index contributed by atoms with van der Waals surface area (Å²) in [7, 11) is 0. The van der Waals surface area contributed by atoms with Gasteiger partial charge in [-0.2, -0.15) is 0 Å². The molecule has 5 atom stereocenters. The van der Waals surface area contributed by atoms with Crippen molar-refractivity contribution in [2.45, 2.75) is 77.9 Å². The summed E-state index contributed by atoms with van der Waals surface area (Å²) < 4.78 is 0. The quantitative estimate of drug-likeness (QED) is 0.752. The molecule has 0 spiro atoms. The lowest BCUT2D eigenvalue weighted by atomic mass is 9.47. The van der Waals surface area contributed by atoms with E-state index >= 15 is 0 Å². The highest BCUT2D eigenvalue weighted by Gasteiger charge is 2.55. The molecule has 0 aromatic heterocycles. The first-order chi connectivity index (χ1) is 9.95. The minimum atomic E-state index is -0.854. The molecule has 0 aromatic carbocycles. The summed E-state index contributed by atoms with van der Waals surface area (Å²) in [6.07, 6.45) is 11.0. The smallest absolute Gasteiger partial charge is 0.0833 e. The van der Waals surface area contributed by atoms with Crippen molar-refractivity contribution in [2.24, 2.45) is 22.7 Å². The molecular formula is C20H34O2. The Kier molecular flexibility index (Phi) is 4.43. The van der Waals surface area contributed by atoms with Crippen LogP contribution in [0.5, 0.6) is 0 Å². The molecule has 2 aliphatic carbocycles. The van der Waals surface area contributed by atoms with E-state index in [0.29, 0.717) is 12.3 Å². The average Bonchev–Trinajstić information content (AvgIpc) is 2.35. The molecule has 22 heavy (non-hydrogen) atoms. The average molecular weight is 306 g/mol. The van der Waals surface area contributed by atoms with Crippen molar-refractivity contribution in [2.75, 3.05) is 0 Å². The first kappa shape index (κ1) is 17.7. The maximum atomic E-state index is 11.0. The van der Waals surface area contributed by atoms with Gasteiger partial charge in [-0.25, -0.2) is 0 Å². The molecule has 2 heteroatoms. The van der Waals surface area contributed by atoms with Gasteiger partial charge in [-0.3, -0.25) is 0 Å². The molecule has 1 fully saturated rings. The zero-order chi connectivity index (χ0) is 16.8. The molecule has 0 radical (unpaired) electrons. The molecular weight excluding hydrogens is 272 g/mol. The maximum absolute atomic E-state index is 11.0. The Bertz CT molecular complexity index is 458. The molecule has 0 amide bonds. The van der Waals surface area contributed by atoms with E-state index in [9.17, 15) is 10.2 Å². The number of rotatable bonds is 4. The van der Waals surface area contributed by atoms with Crippen LogP contribution >= 0.6 is 0 Å². The van der Waals surface area contributed by atoms with Crippen LogP contribution in [0.2, 0.25) is 0 Å². The molecule has 0 aromatic rings. The number of fused-ring (bicyclic) bond motifs is 1. The van der Waals surface area contributed by atoms with Gasteiger partial charge in [0.15, 0.2) is 0 Å². The molecule has 0 saturated heterocycles. The van der Waals surface area contributed by atoms with E-state index in [-0.39, 0.29) is 16.7 Å². The third-order valence-electron chi connectivity index (χ3n) is 6.60. The Morgan fingerprint density at radius 2 is 1.91 bits per heavy atom. The van der Waals surface area contributed by atoms with Crippen molar-refractivity contribution in [3.63, 3.8) is 0 Å². The maximum Gasteiger partial charge on any atom is 0.0833 e. The highest BCUT2D eigenvalue weighted by molar-refractivity contribution is 5.20. The molecule has 0 bridgehead atoms. The Balaban J connectivity index is 2.33. The summed E-state index contributed by atoms with van der Waals surface area (Å²) in [6.45, 7) is 14.5. The monoisotopic (exact) mass is 306 g/mol. The van der Waals surface area contributed by atoms with Gasteiger partial charge in [-0.15, -0.1) is 6.58 Å². The van der Waals surface area contributed by atoms with Gasteiger partial charge in [-0.1, -0.05) is 45.4 Å². The van der Waals surface area contributed by atoms with E-state index < -0.39 is 11.2 Å². The molecule has 0 aliphatic heterocycles. The first-order valence-electron chi connectivity index (χ1n) is 8.72. The third kappa shape index (κ3) is 3.05. The second-order valence-corrected chi connectivity index (χ2v) is 9.06. The molecule has 2 N–H and O–H groups in total. The van der Waals surface area contributed by atoms with Gasteiger partial charge in [0.1, 0.15) is 0 Å². The highest BCUT2D eigenvalue weighted by atomic mass is 16.3. The molecule has 126 valence electrons. The standard InChI is InChI=1S/C20H34O2/c1-7-18(4,21)13-9-16-19(5)12-8-11-17(2,3)15(19)10-14-20(16,6)22/h7,10,14-16,21-22H,1,8-9,11-13H2,2-6H3/t15-,16+,18-,19-,20+/m0/s1. The summed E-state index contributed by atoms with van der Waals surface area (Å²) in [4.78, 5) is 0. The Morgan fingerprint density at radius 3 is 2.50 bits per heavy atom. The second-order valence-electron chi connectivity index (χ2n) is 9.06. The Morgan fingerprint density at radius 1 is 1.27 bits per heavy atom. The van der Waals surface area contributed by atoms with Crippen LogP contribution < -0.4 is 0 Å². The van der Waals surface area contributed by atoms with Crippen LogP contribution in [0.3, 0.4) is 0 Å². The topological polar surface area (TPSA) is 40.5 Å². The van der Waals surface area contributed by atoms with Crippen LogP contribution in [0.1, 0.15) is 66.7 Å². The fourth-order valence-corrected chi connectivity index (χ4v) is 5.24. The summed E-state index contributed by atoms with van der Waals surface area (Å²) in [5.74, 6) is 0.661. The summed E-state index contributed by atoms with van der Waals surface area (Å²) in [6, 6.07) is 0. The van der Waals surface area contributed by atoms with Gasteiger partial charge in [0.25, 0.3) is 0 Å². The van der Waals surface area contributed by atoms with Crippen molar-refractivity contribution < 1.29 is 10.2 Å². The molecule has 2 aliphatic rings. The van der Waals surface area contributed by atoms with Crippen LogP contribution in [-0.2, 0) is 0 Å². The SMILES string of the molecule is C=C[C@](C)(O)CC[C@@H]1[C@@]2(C)CCCC(C)(C)[C@@H]2C=C[C@@]1(C)O. The predicted molar refractivity (Wildman–Crippen MR) is 92.5 cm³/mol. The van der Waals surface area contributed by atoms with Crippen molar-refractivity contribution in [1.29, 1.82) is 0 Å². The van der Waals surface area contributed by atoms with E-state index in [2.05, 4.69) is 33.4 Å². The summed E-state index contributed by atoms with van der Waals surface area (Å²) >= 11 is 0. The van der Waals surface area contributed by atoms with Crippen LogP contribution in [0.15, 0.2) is 24.8 Å². The molecule has 0 heterocycles. The number of allylic oxidation sites excluding steroid dienone is 1. The fourth-order valence-electron chi connectivity index (χ4n) is 5.24. The van der Waals surface area contributed by atoms with E-state index in [1.807, 2.05) is 13.0 Å². The largest absolute Gasteiger partial charge is 0.386 e. The lowest BCUT2D eigenvalue weighted by molar-refractivity contribution is -0.108. The summed E-state index contributed by atoms with van der Waals surface area (Å²) in [5, 5.41) is 21.3. The normalized spacial score (nSPS) is 43.2. The van der Waals surface area contributed by atoms with Crippen LogP contribution in [0, 0.1) is 22.7 Å². The Labute approximate surface area is 136 Å². The van der Waals surface area contributed by atoms with Gasteiger partial charge < -0.3 is 10.2 Å². The molecule has 1 saturated carbocycles. The van der Waals surface area contributed by atoms with Gasteiger partial charge >= 0.3 is 0 Å². The van der Waals surface area contributed by atoms with Crippen molar-refractivity contribution >= 4 is 0 Å². The fraction of sp³-hybridized carbons (Fsp3) is 0.800. The zero-order valence-electron chi connectivity index (χ0n) is 15.0. The van der Waals surface area contributed by atoms with Crippen LogP contribution in [0.25, 0.3) is 0 Å². The van der Waals surface area contributed by atoms with Crippen molar-refractivity contribution in [1.82, 2.24) is 0 Å². The van der Waals surface area contributed by atoms with Crippen molar-refractivity contribution in [3.05, 3.63) is 24.8 Å². The minimum absolute atomic E-state index is 0.0945. The van der Waals surface area contributed by atoms with E-state index in [1.165, 1.54) is 12.8 Å². The van der Waals surface area contributed by atoms with Crippen molar-refractivity contribution in [3.8, 4) is 0 Å². The Hall–Kier alpha value is -0.600. The van der Waals surface area contributed by atoms with Gasteiger partial charge in [0, 0.05) is 0 Å². The summed E-state index contributed by atoms with van der Waals surface area (Å²) in [5.41, 5.74) is -1.28. The van der Waals surface area contributed by atoms with Gasteiger partial charge in [0.2, 0.25) is 0 Å². The van der Waals surface area contributed by atoms with E-state index in [4.69, 9.17) is 0 Å². The first-order valence-corrected chi connectivity index (χ1v) is 8.72. The lowest BCUT2D eigenvalue weighted by Gasteiger charge is -2.59. The zero-order valence-corrected chi connectivity index (χ0v) is 15.0. The minimum Gasteiger partial charge on any atom is -0.386 e. The van der Waals surface area contributed by atoms with Gasteiger partial charge in [-0.05, 0) is 62.2 Å². The van der Waals surface area contributed by atoms with Crippen LogP contribution in [0.4, 0.5) is 0 Å². The number of hydrogen-bond donors (Lipinski definition) is 2. The number of hydrogen-bond acceptors (Lipinski definition) is 2.